The van der Waals surface area contributed by atoms with Gasteiger partial charge < -0.3 is 19.7 Å². The van der Waals surface area contributed by atoms with Crippen molar-refractivity contribution in [2.24, 2.45) is 0 Å². The van der Waals surface area contributed by atoms with Crippen LogP contribution in [0.3, 0.4) is 0 Å². The van der Waals surface area contributed by atoms with E-state index in [4.69, 9.17) is 9.47 Å². The summed E-state index contributed by atoms with van der Waals surface area (Å²) in [6, 6.07) is 14.2. The van der Waals surface area contributed by atoms with Gasteiger partial charge >= 0.3 is 0 Å². The summed E-state index contributed by atoms with van der Waals surface area (Å²) >= 11 is 0. The van der Waals surface area contributed by atoms with Gasteiger partial charge in [0, 0.05) is 19.5 Å². The SMILES string of the molecule is CN(C)Cc1ccc(CNC(=O)CCc2ccc3c(c2)OCO3)cc1. The molecule has 5 nitrogen and oxygen atoms in total. The summed E-state index contributed by atoms with van der Waals surface area (Å²) in [6.45, 7) is 1.75. The van der Waals surface area contributed by atoms with Crippen LogP contribution in [0, 0.1) is 0 Å². The Morgan fingerprint density at radius 1 is 1.00 bits per heavy atom. The third-order valence-electron chi connectivity index (χ3n) is 4.09. The van der Waals surface area contributed by atoms with Crippen LogP contribution in [0.4, 0.5) is 0 Å². The lowest BCUT2D eigenvalue weighted by atomic mass is 10.1. The van der Waals surface area contributed by atoms with Crippen LogP contribution in [0.5, 0.6) is 11.5 Å². The van der Waals surface area contributed by atoms with Crippen LogP contribution >= 0.6 is 0 Å². The van der Waals surface area contributed by atoms with Crippen molar-refractivity contribution in [2.75, 3.05) is 20.9 Å². The van der Waals surface area contributed by atoms with E-state index in [2.05, 4.69) is 34.5 Å². The van der Waals surface area contributed by atoms with Gasteiger partial charge in [0.15, 0.2) is 11.5 Å². The predicted molar refractivity (Wildman–Crippen MR) is 96.6 cm³/mol. The van der Waals surface area contributed by atoms with Crippen molar-refractivity contribution >= 4 is 5.91 Å². The van der Waals surface area contributed by atoms with Crippen LogP contribution in [0.15, 0.2) is 42.5 Å². The Morgan fingerprint density at radius 2 is 1.68 bits per heavy atom. The molecule has 132 valence electrons. The second-order valence-corrected chi connectivity index (χ2v) is 6.52. The lowest BCUT2D eigenvalue weighted by Crippen LogP contribution is -2.23. The molecule has 0 bridgehead atoms. The molecule has 0 atom stereocenters. The van der Waals surface area contributed by atoms with Gasteiger partial charge in [0.05, 0.1) is 0 Å². The summed E-state index contributed by atoms with van der Waals surface area (Å²) in [4.78, 5) is 14.2. The first kappa shape index (κ1) is 17.3. The number of hydrogen-bond acceptors (Lipinski definition) is 4. The molecule has 1 heterocycles. The van der Waals surface area contributed by atoms with Crippen molar-refractivity contribution in [1.29, 1.82) is 0 Å². The minimum Gasteiger partial charge on any atom is -0.454 e. The number of fused-ring (bicyclic) bond motifs is 1. The van der Waals surface area contributed by atoms with Crippen LogP contribution in [-0.2, 0) is 24.3 Å². The van der Waals surface area contributed by atoms with Crippen molar-refractivity contribution in [3.8, 4) is 11.5 Å². The molecule has 2 aromatic carbocycles. The molecule has 2 aromatic rings. The Labute approximate surface area is 148 Å². The van der Waals surface area contributed by atoms with Gasteiger partial charge in [-0.1, -0.05) is 30.3 Å². The Hall–Kier alpha value is -2.53. The van der Waals surface area contributed by atoms with Crippen molar-refractivity contribution in [1.82, 2.24) is 10.2 Å². The molecule has 0 radical (unpaired) electrons. The molecule has 3 rings (SSSR count). The number of nitrogens with zero attached hydrogens (tertiary/aromatic N) is 1. The highest BCUT2D eigenvalue weighted by Gasteiger charge is 2.13. The maximum Gasteiger partial charge on any atom is 0.231 e. The van der Waals surface area contributed by atoms with Crippen molar-refractivity contribution in [2.45, 2.75) is 25.9 Å². The van der Waals surface area contributed by atoms with Crippen LogP contribution < -0.4 is 14.8 Å². The first-order chi connectivity index (χ1) is 12.1. The summed E-state index contributed by atoms with van der Waals surface area (Å²) < 4.78 is 10.7. The molecule has 0 saturated heterocycles. The number of nitrogens with one attached hydrogen (secondary N) is 1. The Morgan fingerprint density at radius 3 is 2.44 bits per heavy atom. The predicted octanol–water partition coefficient (Wildman–Crippen LogP) is 2.73. The monoisotopic (exact) mass is 340 g/mol. The second kappa shape index (κ2) is 8.03. The topological polar surface area (TPSA) is 50.8 Å². The number of carbonyl (C=O) groups is 1. The number of aryl methyl sites for hydroxylation is 1. The van der Waals surface area contributed by atoms with Gasteiger partial charge in [0.25, 0.3) is 0 Å². The smallest absolute Gasteiger partial charge is 0.231 e. The minimum atomic E-state index is 0.0510. The molecule has 5 heteroatoms. The normalized spacial score (nSPS) is 12.4. The quantitative estimate of drug-likeness (QED) is 0.842. The van der Waals surface area contributed by atoms with Gasteiger partial charge in [-0.2, -0.15) is 0 Å². The zero-order valence-electron chi connectivity index (χ0n) is 14.7. The molecule has 0 spiro atoms. The molecule has 0 aromatic heterocycles. The zero-order valence-corrected chi connectivity index (χ0v) is 14.7. The molecule has 0 unspecified atom stereocenters. The maximum absolute atomic E-state index is 12.1. The average molecular weight is 340 g/mol. The lowest BCUT2D eigenvalue weighted by molar-refractivity contribution is -0.121. The lowest BCUT2D eigenvalue weighted by Gasteiger charge is -2.10. The summed E-state index contributed by atoms with van der Waals surface area (Å²) in [5, 5.41) is 2.98. The fraction of sp³-hybridized carbons (Fsp3) is 0.350. The van der Waals surface area contributed by atoms with Gasteiger partial charge in [0.1, 0.15) is 0 Å². The number of benzene rings is 2. The molecule has 0 aliphatic carbocycles. The average Bonchev–Trinajstić information content (AvgIpc) is 3.06. The molecular formula is C20H24N2O3. The van der Waals surface area contributed by atoms with E-state index >= 15 is 0 Å². The second-order valence-electron chi connectivity index (χ2n) is 6.52. The van der Waals surface area contributed by atoms with Gasteiger partial charge in [-0.05, 0) is 49.3 Å². The summed E-state index contributed by atoms with van der Waals surface area (Å²) in [5.74, 6) is 1.58. The first-order valence-corrected chi connectivity index (χ1v) is 8.48. The summed E-state index contributed by atoms with van der Waals surface area (Å²) in [7, 11) is 4.10. The summed E-state index contributed by atoms with van der Waals surface area (Å²) in [5.41, 5.74) is 3.45. The molecular weight excluding hydrogens is 316 g/mol. The first-order valence-electron chi connectivity index (χ1n) is 8.48. The van der Waals surface area contributed by atoms with Crippen molar-refractivity contribution in [3.63, 3.8) is 0 Å². The van der Waals surface area contributed by atoms with E-state index in [-0.39, 0.29) is 12.7 Å². The fourth-order valence-corrected chi connectivity index (χ4v) is 2.77. The van der Waals surface area contributed by atoms with E-state index in [1.807, 2.05) is 32.3 Å². The Balaban J connectivity index is 1.43. The highest BCUT2D eigenvalue weighted by molar-refractivity contribution is 5.76. The molecule has 0 saturated carbocycles. The molecule has 25 heavy (non-hydrogen) atoms. The van der Waals surface area contributed by atoms with Gasteiger partial charge in [-0.25, -0.2) is 0 Å². The highest BCUT2D eigenvalue weighted by atomic mass is 16.7. The number of carbonyl (C=O) groups excluding carboxylic acids is 1. The van der Waals surface area contributed by atoms with Crippen molar-refractivity contribution < 1.29 is 14.3 Å². The number of amides is 1. The number of rotatable bonds is 7. The van der Waals surface area contributed by atoms with Gasteiger partial charge in [-0.15, -0.1) is 0 Å². The summed E-state index contributed by atoms with van der Waals surface area (Å²) in [6.07, 6.45) is 1.14. The van der Waals surface area contributed by atoms with Crippen LogP contribution in [-0.4, -0.2) is 31.7 Å². The standard InChI is InChI=1S/C20H24N2O3/c1-22(2)13-17-5-3-16(4-6-17)12-21-20(23)10-8-15-7-9-18-19(11-15)25-14-24-18/h3-7,9,11H,8,10,12-14H2,1-2H3,(H,21,23). The molecule has 0 fully saturated rings. The Bertz CT molecular complexity index is 726. The van der Waals surface area contributed by atoms with E-state index in [0.717, 1.165) is 29.2 Å². The van der Waals surface area contributed by atoms with Crippen molar-refractivity contribution in [3.05, 3.63) is 59.2 Å². The van der Waals surface area contributed by atoms with Gasteiger partial charge in [0.2, 0.25) is 12.7 Å². The molecule has 1 N–H and O–H groups in total. The molecule has 1 aliphatic heterocycles. The third-order valence-corrected chi connectivity index (χ3v) is 4.09. The van der Waals surface area contributed by atoms with Gasteiger partial charge in [-0.3, -0.25) is 4.79 Å². The minimum absolute atomic E-state index is 0.0510. The van der Waals surface area contributed by atoms with E-state index in [1.54, 1.807) is 0 Å². The van der Waals surface area contributed by atoms with E-state index in [1.165, 1.54) is 5.56 Å². The van der Waals surface area contributed by atoms with Crippen LogP contribution in [0.2, 0.25) is 0 Å². The number of ether oxygens (including phenoxy) is 2. The fourth-order valence-electron chi connectivity index (χ4n) is 2.77. The third kappa shape index (κ3) is 4.97. The van der Waals surface area contributed by atoms with E-state index in [9.17, 15) is 4.79 Å². The molecule has 1 amide bonds. The highest BCUT2D eigenvalue weighted by Crippen LogP contribution is 2.32. The zero-order chi connectivity index (χ0) is 17.6. The maximum atomic E-state index is 12.1. The van der Waals surface area contributed by atoms with E-state index in [0.29, 0.717) is 19.4 Å². The van der Waals surface area contributed by atoms with Crippen LogP contribution in [0.1, 0.15) is 23.1 Å². The molecule has 1 aliphatic rings. The van der Waals surface area contributed by atoms with Crippen LogP contribution in [0.25, 0.3) is 0 Å². The Kier molecular flexibility index (Phi) is 5.56. The number of hydrogen-bond donors (Lipinski definition) is 1. The largest absolute Gasteiger partial charge is 0.454 e. The van der Waals surface area contributed by atoms with E-state index < -0.39 is 0 Å².